The molecule has 3 N–H and O–H groups in total. The van der Waals surface area contributed by atoms with Gasteiger partial charge in [-0.05, 0) is 31.2 Å². The molecule has 10 nitrogen and oxygen atoms in total. The molecule has 4 aromatic heterocycles. The molecule has 134 valence electrons. The van der Waals surface area contributed by atoms with E-state index in [2.05, 4.69) is 41.0 Å². The van der Waals surface area contributed by atoms with E-state index in [0.717, 1.165) is 39.4 Å². The van der Waals surface area contributed by atoms with E-state index in [1.807, 2.05) is 32.2 Å². The number of rotatable bonds is 6. The van der Waals surface area contributed by atoms with Gasteiger partial charge in [-0.3, -0.25) is 0 Å². The maximum atomic E-state index is 5.10. The zero-order chi connectivity index (χ0) is 18.1. The minimum absolute atomic E-state index is 0.412. The van der Waals surface area contributed by atoms with Crippen LogP contribution in [-0.4, -0.2) is 60.6 Å². The topological polar surface area (TPSA) is 122 Å². The van der Waals surface area contributed by atoms with Crippen molar-refractivity contribution in [2.75, 3.05) is 25.6 Å². The highest BCUT2D eigenvalue weighted by molar-refractivity contribution is 5.96. The van der Waals surface area contributed by atoms with Crippen LogP contribution in [0.2, 0.25) is 0 Å². The molecule has 0 fully saturated rings. The SMILES string of the molecule is COCCNc1cc(-c2c(C)nn(-c3nn[nH]n3)c2C)c2cc[nH]c2n1. The first-order chi connectivity index (χ1) is 12.7. The molecule has 0 aliphatic rings. The standard InChI is InChI=1S/C16H19N9O/c1-9-14(10(2)25(22-9)16-20-23-24-21-16)12-8-13(17-6-7-26-3)19-15-11(12)4-5-18-15/h4-5,8H,6-7H2,1-3H3,(H2,17,18,19)(H,20,21,23,24). The molecule has 0 aliphatic heterocycles. The molecule has 10 heteroatoms. The number of H-pyrrole nitrogens is 2. The maximum Gasteiger partial charge on any atom is 0.290 e. The van der Waals surface area contributed by atoms with Crippen LogP contribution >= 0.6 is 0 Å². The van der Waals surface area contributed by atoms with Gasteiger partial charge in [0, 0.05) is 36.4 Å². The highest BCUT2D eigenvalue weighted by Crippen LogP contribution is 2.34. The quantitative estimate of drug-likeness (QED) is 0.450. The molecule has 0 saturated carbocycles. The monoisotopic (exact) mass is 353 g/mol. The summed E-state index contributed by atoms with van der Waals surface area (Å²) in [6.07, 6.45) is 1.88. The van der Waals surface area contributed by atoms with Crippen molar-refractivity contribution < 1.29 is 4.74 Å². The second-order valence-electron chi connectivity index (χ2n) is 5.88. The van der Waals surface area contributed by atoms with Gasteiger partial charge in [0.25, 0.3) is 5.95 Å². The molecule has 0 atom stereocenters. The minimum atomic E-state index is 0.412. The van der Waals surface area contributed by atoms with Gasteiger partial charge in [0.05, 0.1) is 18.0 Å². The molecular formula is C16H19N9O. The predicted molar refractivity (Wildman–Crippen MR) is 96.2 cm³/mol. The second kappa shape index (κ2) is 6.56. The summed E-state index contributed by atoms with van der Waals surface area (Å²) in [5.74, 6) is 1.19. The van der Waals surface area contributed by atoms with Crippen LogP contribution < -0.4 is 5.32 Å². The molecule has 0 amide bonds. The molecule has 4 rings (SSSR count). The second-order valence-corrected chi connectivity index (χ2v) is 5.88. The molecule has 0 radical (unpaired) electrons. The van der Waals surface area contributed by atoms with Crippen molar-refractivity contribution in [3.8, 4) is 17.1 Å². The number of nitrogens with one attached hydrogen (secondary N) is 3. The number of aromatic nitrogens is 8. The number of anilines is 1. The van der Waals surface area contributed by atoms with Gasteiger partial charge in [-0.15, -0.1) is 5.10 Å². The number of aromatic amines is 2. The molecule has 26 heavy (non-hydrogen) atoms. The lowest BCUT2D eigenvalue weighted by molar-refractivity contribution is 0.210. The molecule has 4 aromatic rings. The van der Waals surface area contributed by atoms with Crippen molar-refractivity contribution >= 4 is 16.9 Å². The Labute approximate surface area is 149 Å². The van der Waals surface area contributed by atoms with Crippen LogP contribution in [0.5, 0.6) is 0 Å². The van der Waals surface area contributed by atoms with E-state index >= 15 is 0 Å². The van der Waals surface area contributed by atoms with E-state index in [0.29, 0.717) is 19.1 Å². The van der Waals surface area contributed by atoms with E-state index in [9.17, 15) is 0 Å². The number of aryl methyl sites for hydroxylation is 1. The summed E-state index contributed by atoms with van der Waals surface area (Å²) in [5, 5.41) is 23.0. The Morgan fingerprint density at radius 3 is 2.96 bits per heavy atom. The number of pyridine rings is 1. The van der Waals surface area contributed by atoms with Gasteiger partial charge in [0.2, 0.25) is 0 Å². The number of fused-ring (bicyclic) bond motifs is 1. The number of hydrogen-bond acceptors (Lipinski definition) is 7. The lowest BCUT2D eigenvalue weighted by atomic mass is 10.0. The largest absolute Gasteiger partial charge is 0.383 e. The molecule has 0 aromatic carbocycles. The molecule has 0 aliphatic carbocycles. The summed E-state index contributed by atoms with van der Waals surface area (Å²) in [5.41, 5.74) is 4.69. The highest BCUT2D eigenvalue weighted by Gasteiger charge is 2.20. The van der Waals surface area contributed by atoms with E-state index in [1.54, 1.807) is 11.8 Å². The Morgan fingerprint density at radius 2 is 2.19 bits per heavy atom. The third-order valence-corrected chi connectivity index (χ3v) is 4.23. The molecule has 0 saturated heterocycles. The summed E-state index contributed by atoms with van der Waals surface area (Å²) in [4.78, 5) is 7.80. The van der Waals surface area contributed by atoms with E-state index in [4.69, 9.17) is 4.74 Å². The molecule has 0 unspecified atom stereocenters. The van der Waals surface area contributed by atoms with Gasteiger partial charge < -0.3 is 15.0 Å². The third-order valence-electron chi connectivity index (χ3n) is 4.23. The van der Waals surface area contributed by atoms with Crippen molar-refractivity contribution in [2.24, 2.45) is 0 Å². The lowest BCUT2D eigenvalue weighted by Gasteiger charge is -2.10. The van der Waals surface area contributed by atoms with Gasteiger partial charge in [0.1, 0.15) is 11.5 Å². The minimum Gasteiger partial charge on any atom is -0.383 e. The third kappa shape index (κ3) is 2.69. The van der Waals surface area contributed by atoms with Gasteiger partial charge in [-0.2, -0.15) is 15.0 Å². The van der Waals surface area contributed by atoms with E-state index < -0.39 is 0 Å². The molecule has 4 heterocycles. The lowest BCUT2D eigenvalue weighted by Crippen LogP contribution is -2.09. The average molecular weight is 353 g/mol. The van der Waals surface area contributed by atoms with E-state index in [1.165, 1.54) is 0 Å². The molecular weight excluding hydrogens is 334 g/mol. The summed E-state index contributed by atoms with van der Waals surface area (Å²) in [6, 6.07) is 4.05. The summed E-state index contributed by atoms with van der Waals surface area (Å²) >= 11 is 0. The Kier molecular flexibility index (Phi) is 4.09. The number of nitrogens with zero attached hydrogens (tertiary/aromatic N) is 6. The van der Waals surface area contributed by atoms with Crippen LogP contribution in [0.3, 0.4) is 0 Å². The number of tetrazole rings is 1. The van der Waals surface area contributed by atoms with E-state index in [-0.39, 0.29) is 0 Å². The number of hydrogen-bond donors (Lipinski definition) is 3. The first-order valence-corrected chi connectivity index (χ1v) is 8.20. The maximum absolute atomic E-state index is 5.10. The normalized spacial score (nSPS) is 11.3. The zero-order valence-corrected chi connectivity index (χ0v) is 14.7. The van der Waals surface area contributed by atoms with Crippen LogP contribution in [0.1, 0.15) is 11.4 Å². The van der Waals surface area contributed by atoms with Crippen LogP contribution in [-0.2, 0) is 4.74 Å². The number of ether oxygens (including phenoxy) is 1. The Hall–Kier alpha value is -3.27. The van der Waals surface area contributed by atoms with Crippen LogP contribution in [0, 0.1) is 13.8 Å². The fraction of sp³-hybridized carbons (Fsp3) is 0.312. The highest BCUT2D eigenvalue weighted by atomic mass is 16.5. The van der Waals surface area contributed by atoms with Crippen molar-refractivity contribution in [3.05, 3.63) is 29.7 Å². The number of methoxy groups -OCH3 is 1. The summed E-state index contributed by atoms with van der Waals surface area (Å²) < 4.78 is 6.79. The predicted octanol–water partition coefficient (Wildman–Crippen LogP) is 1.60. The first-order valence-electron chi connectivity index (χ1n) is 8.20. The zero-order valence-electron chi connectivity index (χ0n) is 14.7. The molecule has 0 bridgehead atoms. The molecule has 0 spiro atoms. The van der Waals surface area contributed by atoms with Gasteiger partial charge in [-0.1, -0.05) is 5.10 Å². The Bertz CT molecular complexity index is 1030. The fourth-order valence-electron chi connectivity index (χ4n) is 3.09. The first kappa shape index (κ1) is 16.2. The van der Waals surface area contributed by atoms with Gasteiger partial charge in [-0.25, -0.2) is 4.98 Å². The Balaban J connectivity index is 1.85. The van der Waals surface area contributed by atoms with Crippen LogP contribution in [0.25, 0.3) is 28.1 Å². The van der Waals surface area contributed by atoms with Crippen molar-refractivity contribution in [3.63, 3.8) is 0 Å². The fourth-order valence-corrected chi connectivity index (χ4v) is 3.09. The van der Waals surface area contributed by atoms with Gasteiger partial charge in [0.15, 0.2) is 0 Å². The summed E-state index contributed by atoms with van der Waals surface area (Å²) in [6.45, 7) is 5.24. The average Bonchev–Trinajstić information content (AvgIpc) is 3.35. The smallest absolute Gasteiger partial charge is 0.290 e. The van der Waals surface area contributed by atoms with Crippen LogP contribution in [0.4, 0.5) is 5.82 Å². The Morgan fingerprint density at radius 1 is 1.31 bits per heavy atom. The van der Waals surface area contributed by atoms with Crippen molar-refractivity contribution in [1.29, 1.82) is 0 Å². The summed E-state index contributed by atoms with van der Waals surface area (Å²) in [7, 11) is 1.67. The van der Waals surface area contributed by atoms with Crippen molar-refractivity contribution in [2.45, 2.75) is 13.8 Å². The van der Waals surface area contributed by atoms with Gasteiger partial charge >= 0.3 is 0 Å². The van der Waals surface area contributed by atoms with Crippen LogP contribution in [0.15, 0.2) is 18.3 Å². The van der Waals surface area contributed by atoms with Crippen molar-refractivity contribution in [1.82, 2.24) is 40.4 Å².